The molecule has 2 heteroatoms. The van der Waals surface area contributed by atoms with E-state index in [4.69, 9.17) is 11.6 Å². The van der Waals surface area contributed by atoms with Crippen LogP contribution in [0.4, 0.5) is 0 Å². The second-order valence-corrected chi connectivity index (χ2v) is 7.88. The molecule has 3 aromatic rings. The van der Waals surface area contributed by atoms with E-state index >= 15 is 0 Å². The van der Waals surface area contributed by atoms with Crippen LogP contribution in [-0.2, 0) is 0 Å². The molecule has 0 spiro atoms. The van der Waals surface area contributed by atoms with Gasteiger partial charge in [-0.25, -0.2) is 0 Å². The zero-order valence-electron chi connectivity index (χ0n) is 15.4. The van der Waals surface area contributed by atoms with Crippen molar-refractivity contribution in [3.8, 4) is 22.4 Å². The third-order valence-electron chi connectivity index (χ3n) is 5.57. The SMILES string of the molecule is Cc1cc(C2CCCC2)cc(C)c1-c1ccnc(-c2ccc(Cl)cc2)c1. The first-order valence-electron chi connectivity index (χ1n) is 9.45. The minimum Gasteiger partial charge on any atom is -0.256 e. The highest BCUT2D eigenvalue weighted by Gasteiger charge is 2.19. The number of hydrogen-bond acceptors (Lipinski definition) is 1. The minimum absolute atomic E-state index is 0.749. The van der Waals surface area contributed by atoms with Crippen LogP contribution < -0.4 is 0 Å². The summed E-state index contributed by atoms with van der Waals surface area (Å²) < 4.78 is 0. The number of hydrogen-bond donors (Lipinski definition) is 0. The van der Waals surface area contributed by atoms with Gasteiger partial charge >= 0.3 is 0 Å². The zero-order valence-corrected chi connectivity index (χ0v) is 16.2. The van der Waals surface area contributed by atoms with E-state index in [-0.39, 0.29) is 0 Å². The number of nitrogens with zero attached hydrogens (tertiary/aromatic N) is 1. The fourth-order valence-corrected chi connectivity index (χ4v) is 4.44. The molecule has 4 rings (SSSR count). The first kappa shape index (κ1) is 17.3. The molecular formula is C24H24ClN. The summed E-state index contributed by atoms with van der Waals surface area (Å²) in [6.45, 7) is 4.48. The summed E-state index contributed by atoms with van der Waals surface area (Å²) in [5.74, 6) is 0.753. The summed E-state index contributed by atoms with van der Waals surface area (Å²) in [4.78, 5) is 4.56. The molecule has 0 saturated heterocycles. The standard InChI is InChI=1S/C24H24ClN/c1-16-13-21(18-5-3-4-6-18)14-17(2)24(16)20-11-12-26-23(15-20)19-7-9-22(25)10-8-19/h7-15,18H,3-6H2,1-2H3. The highest BCUT2D eigenvalue weighted by atomic mass is 35.5. The second-order valence-electron chi connectivity index (χ2n) is 7.45. The average Bonchev–Trinajstić information content (AvgIpc) is 3.17. The van der Waals surface area contributed by atoms with E-state index in [1.165, 1.54) is 53.5 Å². The Morgan fingerprint density at radius 2 is 1.50 bits per heavy atom. The highest BCUT2D eigenvalue weighted by Crippen LogP contribution is 2.38. The second kappa shape index (κ2) is 7.25. The molecule has 1 heterocycles. The third-order valence-corrected chi connectivity index (χ3v) is 5.82. The Hall–Kier alpha value is -2.12. The molecule has 1 nitrogen and oxygen atoms in total. The van der Waals surface area contributed by atoms with Gasteiger partial charge < -0.3 is 0 Å². The number of benzene rings is 2. The van der Waals surface area contributed by atoms with Crippen molar-refractivity contribution in [3.63, 3.8) is 0 Å². The molecule has 0 aliphatic heterocycles. The van der Waals surface area contributed by atoms with Crippen molar-refractivity contribution in [2.75, 3.05) is 0 Å². The third kappa shape index (κ3) is 3.41. The van der Waals surface area contributed by atoms with Gasteiger partial charge in [0.25, 0.3) is 0 Å². The molecule has 2 aromatic carbocycles. The van der Waals surface area contributed by atoms with Crippen LogP contribution in [0.2, 0.25) is 5.02 Å². The topological polar surface area (TPSA) is 12.9 Å². The maximum Gasteiger partial charge on any atom is 0.0708 e. The van der Waals surface area contributed by atoms with E-state index in [2.05, 4.69) is 43.1 Å². The van der Waals surface area contributed by atoms with Crippen molar-refractivity contribution < 1.29 is 0 Å². The Labute approximate surface area is 161 Å². The first-order valence-corrected chi connectivity index (χ1v) is 9.83. The molecule has 0 unspecified atom stereocenters. The number of halogens is 1. The van der Waals surface area contributed by atoms with E-state index in [0.29, 0.717) is 0 Å². The van der Waals surface area contributed by atoms with Crippen molar-refractivity contribution in [1.29, 1.82) is 0 Å². The Balaban J connectivity index is 1.73. The van der Waals surface area contributed by atoms with Crippen molar-refractivity contribution >= 4 is 11.6 Å². The lowest BCUT2D eigenvalue weighted by Gasteiger charge is -2.17. The van der Waals surface area contributed by atoms with Crippen molar-refractivity contribution in [2.24, 2.45) is 0 Å². The van der Waals surface area contributed by atoms with Crippen LogP contribution in [0, 0.1) is 13.8 Å². The van der Waals surface area contributed by atoms with E-state index in [0.717, 1.165) is 22.2 Å². The van der Waals surface area contributed by atoms with Gasteiger partial charge in [-0.1, -0.05) is 48.7 Å². The van der Waals surface area contributed by atoms with Crippen molar-refractivity contribution in [3.05, 3.63) is 76.4 Å². The van der Waals surface area contributed by atoms with Gasteiger partial charge in [0.2, 0.25) is 0 Å². The van der Waals surface area contributed by atoms with Gasteiger partial charge in [0.1, 0.15) is 0 Å². The van der Waals surface area contributed by atoms with Crippen LogP contribution in [0.15, 0.2) is 54.7 Å². The average molecular weight is 362 g/mol. The Kier molecular flexibility index (Phi) is 4.82. The largest absolute Gasteiger partial charge is 0.256 e. The highest BCUT2D eigenvalue weighted by molar-refractivity contribution is 6.30. The maximum atomic E-state index is 6.02. The predicted octanol–water partition coefficient (Wildman–Crippen LogP) is 7.34. The van der Waals surface area contributed by atoms with Crippen LogP contribution in [0.5, 0.6) is 0 Å². The summed E-state index contributed by atoms with van der Waals surface area (Å²) in [6.07, 6.45) is 7.34. The molecule has 0 bridgehead atoms. The zero-order chi connectivity index (χ0) is 18.1. The lowest BCUT2D eigenvalue weighted by Crippen LogP contribution is -1.97. The fraction of sp³-hybridized carbons (Fsp3) is 0.292. The molecular weight excluding hydrogens is 338 g/mol. The smallest absolute Gasteiger partial charge is 0.0708 e. The summed E-state index contributed by atoms with van der Waals surface area (Å²) >= 11 is 6.02. The number of aromatic nitrogens is 1. The molecule has 1 aromatic heterocycles. The Morgan fingerprint density at radius 1 is 0.846 bits per heavy atom. The predicted molar refractivity (Wildman–Crippen MR) is 111 cm³/mol. The molecule has 1 aliphatic carbocycles. The minimum atomic E-state index is 0.749. The van der Waals surface area contributed by atoms with Gasteiger partial charge in [-0.05, 0) is 84.7 Å². The molecule has 1 aliphatic rings. The lowest BCUT2D eigenvalue weighted by atomic mass is 9.88. The molecule has 0 atom stereocenters. The summed E-state index contributed by atoms with van der Waals surface area (Å²) in [6, 6.07) is 17.0. The molecule has 0 amide bonds. The van der Waals surface area contributed by atoms with Gasteiger partial charge in [0, 0.05) is 16.8 Å². The van der Waals surface area contributed by atoms with Crippen LogP contribution in [0.25, 0.3) is 22.4 Å². The summed E-state index contributed by atoms with van der Waals surface area (Å²) in [7, 11) is 0. The first-order chi connectivity index (χ1) is 12.6. The van der Waals surface area contributed by atoms with Crippen LogP contribution >= 0.6 is 11.6 Å². The maximum absolute atomic E-state index is 6.02. The normalized spacial score (nSPS) is 14.7. The van der Waals surface area contributed by atoms with E-state index < -0.39 is 0 Å². The molecule has 0 radical (unpaired) electrons. The van der Waals surface area contributed by atoms with E-state index in [1.54, 1.807) is 0 Å². The Bertz CT molecular complexity index is 898. The van der Waals surface area contributed by atoms with Crippen molar-refractivity contribution in [1.82, 2.24) is 4.98 Å². The summed E-state index contributed by atoms with van der Waals surface area (Å²) in [5, 5.41) is 0.749. The van der Waals surface area contributed by atoms with Crippen LogP contribution in [-0.4, -0.2) is 4.98 Å². The number of rotatable bonds is 3. The molecule has 0 N–H and O–H groups in total. The van der Waals surface area contributed by atoms with Gasteiger partial charge in [-0.2, -0.15) is 0 Å². The quantitative estimate of drug-likeness (QED) is 0.475. The lowest BCUT2D eigenvalue weighted by molar-refractivity contribution is 0.722. The van der Waals surface area contributed by atoms with Crippen LogP contribution in [0.1, 0.15) is 48.3 Å². The molecule has 26 heavy (non-hydrogen) atoms. The molecule has 1 fully saturated rings. The Morgan fingerprint density at radius 3 is 2.15 bits per heavy atom. The number of aryl methyl sites for hydroxylation is 2. The van der Waals surface area contributed by atoms with Gasteiger partial charge in [-0.3, -0.25) is 4.98 Å². The summed E-state index contributed by atoms with van der Waals surface area (Å²) in [5.41, 5.74) is 8.89. The van der Waals surface area contributed by atoms with Crippen LogP contribution in [0.3, 0.4) is 0 Å². The monoisotopic (exact) mass is 361 g/mol. The fourth-order valence-electron chi connectivity index (χ4n) is 4.31. The number of pyridine rings is 1. The molecule has 1 saturated carbocycles. The van der Waals surface area contributed by atoms with Gasteiger partial charge in [0.05, 0.1) is 5.69 Å². The van der Waals surface area contributed by atoms with Crippen molar-refractivity contribution in [2.45, 2.75) is 45.4 Å². The van der Waals surface area contributed by atoms with E-state index in [1.807, 2.05) is 30.5 Å². The van der Waals surface area contributed by atoms with Gasteiger partial charge in [0.15, 0.2) is 0 Å². The van der Waals surface area contributed by atoms with Gasteiger partial charge in [-0.15, -0.1) is 0 Å². The van der Waals surface area contributed by atoms with E-state index in [9.17, 15) is 0 Å². The molecule has 132 valence electrons.